The van der Waals surface area contributed by atoms with Crippen LogP contribution >= 0.6 is 0 Å². The monoisotopic (exact) mass is 497 g/mol. The third-order valence-corrected chi connectivity index (χ3v) is 5.99. The van der Waals surface area contributed by atoms with Crippen LogP contribution in [0.1, 0.15) is 28.2 Å². The van der Waals surface area contributed by atoms with Gasteiger partial charge in [-0.05, 0) is 40.3 Å². The molecule has 0 bridgehead atoms. The van der Waals surface area contributed by atoms with Crippen LogP contribution in [0, 0.1) is 11.3 Å². The fourth-order valence-corrected chi connectivity index (χ4v) is 4.08. The Labute approximate surface area is 211 Å². The Morgan fingerprint density at radius 3 is 2.89 bits per heavy atom. The second-order valence-corrected chi connectivity index (χ2v) is 8.49. The molecule has 0 saturated carbocycles. The molecule has 12 nitrogen and oxygen atoms in total. The van der Waals surface area contributed by atoms with Crippen molar-refractivity contribution in [1.82, 2.24) is 35.7 Å². The zero-order valence-corrected chi connectivity index (χ0v) is 20.0. The quantitative estimate of drug-likeness (QED) is 0.391. The molecule has 0 saturated heterocycles. The van der Waals surface area contributed by atoms with Gasteiger partial charge in [-0.1, -0.05) is 30.3 Å². The SMILES string of the molecule is CN1C(=O)[C@@H](NC(=O)c2cc(Cc3ccccc3)[nH]n2)COc2ccc(-c3nnnn3CCC#N)cc21. The average Bonchev–Trinajstić information content (AvgIpc) is 3.57. The minimum absolute atomic E-state index is 0.0392. The Hall–Kier alpha value is -5.05. The van der Waals surface area contributed by atoms with Crippen LogP contribution in [0.15, 0.2) is 54.6 Å². The van der Waals surface area contributed by atoms with E-state index < -0.39 is 11.9 Å². The van der Waals surface area contributed by atoms with Gasteiger partial charge in [0, 0.05) is 24.7 Å². The molecule has 5 rings (SSSR count). The molecular formula is C25H23N9O3. The van der Waals surface area contributed by atoms with E-state index in [2.05, 4.69) is 37.1 Å². The van der Waals surface area contributed by atoms with Gasteiger partial charge in [-0.25, -0.2) is 4.68 Å². The highest BCUT2D eigenvalue weighted by molar-refractivity contribution is 6.03. The summed E-state index contributed by atoms with van der Waals surface area (Å²) in [6.45, 7) is 0.304. The van der Waals surface area contributed by atoms with Gasteiger partial charge in [-0.15, -0.1) is 5.10 Å². The van der Waals surface area contributed by atoms with Gasteiger partial charge in [0.15, 0.2) is 5.82 Å². The molecule has 2 aromatic heterocycles. The number of H-pyrrole nitrogens is 1. The van der Waals surface area contributed by atoms with Crippen LogP contribution in [0.25, 0.3) is 11.4 Å². The Kier molecular flexibility index (Phi) is 6.58. The summed E-state index contributed by atoms with van der Waals surface area (Å²) in [5.41, 5.74) is 3.24. The van der Waals surface area contributed by atoms with Gasteiger partial charge in [0.2, 0.25) is 0 Å². The zero-order valence-electron chi connectivity index (χ0n) is 20.0. The van der Waals surface area contributed by atoms with E-state index in [0.29, 0.717) is 35.8 Å². The number of aromatic amines is 1. The molecule has 0 unspecified atom stereocenters. The number of carbonyl (C=O) groups is 2. The summed E-state index contributed by atoms with van der Waals surface area (Å²) in [5, 5.41) is 30.3. The summed E-state index contributed by atoms with van der Waals surface area (Å²) < 4.78 is 7.41. The Bertz CT molecular complexity index is 1470. The topological polar surface area (TPSA) is 155 Å². The smallest absolute Gasteiger partial charge is 0.272 e. The molecule has 2 aromatic carbocycles. The van der Waals surface area contributed by atoms with E-state index in [-0.39, 0.29) is 24.6 Å². The number of nitrogens with zero attached hydrogens (tertiary/aromatic N) is 7. The second-order valence-electron chi connectivity index (χ2n) is 8.49. The number of rotatable bonds is 7. The number of tetrazole rings is 1. The highest BCUT2D eigenvalue weighted by Crippen LogP contribution is 2.34. The molecule has 37 heavy (non-hydrogen) atoms. The van der Waals surface area contributed by atoms with Gasteiger partial charge in [-0.3, -0.25) is 14.7 Å². The number of ether oxygens (including phenoxy) is 1. The van der Waals surface area contributed by atoms with Gasteiger partial charge < -0.3 is 15.0 Å². The lowest BCUT2D eigenvalue weighted by molar-refractivity contribution is -0.120. The summed E-state index contributed by atoms with van der Waals surface area (Å²) in [6.07, 6.45) is 0.863. The van der Waals surface area contributed by atoms with Gasteiger partial charge in [0.05, 0.1) is 24.7 Å². The molecule has 186 valence electrons. The van der Waals surface area contributed by atoms with Crippen molar-refractivity contribution in [3.05, 3.63) is 71.5 Å². The summed E-state index contributed by atoms with van der Waals surface area (Å²) in [5.74, 6) is 0.137. The maximum atomic E-state index is 13.2. The van der Waals surface area contributed by atoms with E-state index in [9.17, 15) is 9.59 Å². The number of carbonyl (C=O) groups excluding carboxylic acids is 2. The Morgan fingerprint density at radius 1 is 1.24 bits per heavy atom. The first-order valence-corrected chi connectivity index (χ1v) is 11.6. The fraction of sp³-hybridized carbons (Fsp3) is 0.240. The molecule has 0 spiro atoms. The van der Waals surface area contributed by atoms with Crippen LogP contribution in [0.2, 0.25) is 0 Å². The zero-order chi connectivity index (χ0) is 25.8. The number of aromatic nitrogens is 6. The lowest BCUT2D eigenvalue weighted by atomic mass is 10.1. The molecule has 0 radical (unpaired) electrons. The molecule has 2 amide bonds. The average molecular weight is 498 g/mol. The highest BCUT2D eigenvalue weighted by Gasteiger charge is 2.31. The first-order valence-electron chi connectivity index (χ1n) is 11.6. The standard InChI is InChI=1S/C25H23N9O3/c1-33-21-13-17(23-30-31-32-34(23)11-5-10-26)8-9-22(21)37-15-20(25(33)36)27-24(35)19-14-18(28-29-19)12-16-6-3-2-4-7-16/h2-4,6-9,13-14,20H,5,11-12,15H2,1H3,(H,27,35)(H,28,29)/t20-/m0/s1. The molecule has 1 atom stereocenters. The Morgan fingerprint density at radius 2 is 2.08 bits per heavy atom. The number of hydrogen-bond acceptors (Lipinski definition) is 8. The lowest BCUT2D eigenvalue weighted by Crippen LogP contribution is -2.49. The predicted octanol–water partition coefficient (Wildman–Crippen LogP) is 1.72. The number of nitrogens with one attached hydrogen (secondary N) is 2. The number of amides is 2. The first-order chi connectivity index (χ1) is 18.0. The third-order valence-electron chi connectivity index (χ3n) is 5.99. The number of benzene rings is 2. The number of aryl methyl sites for hydroxylation is 1. The predicted molar refractivity (Wildman–Crippen MR) is 131 cm³/mol. The van der Waals surface area contributed by atoms with Crippen LogP contribution < -0.4 is 15.0 Å². The molecule has 3 heterocycles. The Balaban J connectivity index is 1.30. The van der Waals surface area contributed by atoms with E-state index in [1.54, 1.807) is 31.3 Å². The molecular weight excluding hydrogens is 474 g/mol. The molecule has 2 N–H and O–H groups in total. The van der Waals surface area contributed by atoms with Crippen LogP contribution in [0.3, 0.4) is 0 Å². The highest BCUT2D eigenvalue weighted by atomic mass is 16.5. The number of hydrogen-bond donors (Lipinski definition) is 2. The van der Waals surface area contributed by atoms with E-state index in [4.69, 9.17) is 10.00 Å². The minimum atomic E-state index is -0.913. The maximum Gasteiger partial charge on any atom is 0.272 e. The molecule has 4 aromatic rings. The van der Waals surface area contributed by atoms with E-state index in [1.807, 2.05) is 30.3 Å². The summed E-state index contributed by atoms with van der Waals surface area (Å²) >= 11 is 0. The summed E-state index contributed by atoms with van der Waals surface area (Å²) in [4.78, 5) is 27.6. The molecule has 0 fully saturated rings. The van der Waals surface area contributed by atoms with Crippen molar-refractivity contribution in [2.24, 2.45) is 0 Å². The van der Waals surface area contributed by atoms with Crippen LogP contribution in [0.4, 0.5) is 5.69 Å². The molecule has 0 aliphatic carbocycles. The van der Waals surface area contributed by atoms with E-state index in [0.717, 1.165) is 11.3 Å². The lowest BCUT2D eigenvalue weighted by Gasteiger charge is -2.20. The number of nitriles is 1. The van der Waals surface area contributed by atoms with Crippen molar-refractivity contribution in [1.29, 1.82) is 5.26 Å². The van der Waals surface area contributed by atoms with Crippen molar-refractivity contribution in [3.63, 3.8) is 0 Å². The van der Waals surface area contributed by atoms with Crippen molar-refractivity contribution in [2.75, 3.05) is 18.6 Å². The number of likely N-dealkylation sites (N-methyl/N-ethyl adjacent to an activating group) is 1. The first kappa shape index (κ1) is 23.7. The number of fused-ring (bicyclic) bond motifs is 1. The van der Waals surface area contributed by atoms with Gasteiger partial charge in [0.25, 0.3) is 11.8 Å². The van der Waals surface area contributed by atoms with Crippen molar-refractivity contribution < 1.29 is 14.3 Å². The maximum absolute atomic E-state index is 13.2. The minimum Gasteiger partial charge on any atom is -0.489 e. The fourth-order valence-electron chi connectivity index (χ4n) is 4.08. The van der Waals surface area contributed by atoms with Crippen molar-refractivity contribution >= 4 is 17.5 Å². The van der Waals surface area contributed by atoms with Crippen molar-refractivity contribution in [2.45, 2.75) is 25.4 Å². The second kappa shape index (κ2) is 10.3. The molecule has 1 aliphatic rings. The summed E-state index contributed by atoms with van der Waals surface area (Å²) in [6, 6.07) is 17.9. The molecule has 1 aliphatic heterocycles. The van der Waals surface area contributed by atoms with Crippen LogP contribution in [-0.4, -0.2) is 61.9 Å². The normalized spacial score (nSPS) is 14.9. The van der Waals surface area contributed by atoms with Crippen molar-refractivity contribution in [3.8, 4) is 23.2 Å². The number of anilines is 1. The third kappa shape index (κ3) is 5.01. The van der Waals surface area contributed by atoms with Gasteiger partial charge >= 0.3 is 0 Å². The van der Waals surface area contributed by atoms with Gasteiger partial charge in [-0.2, -0.15) is 10.4 Å². The van der Waals surface area contributed by atoms with E-state index in [1.165, 1.54) is 9.58 Å². The van der Waals surface area contributed by atoms with E-state index >= 15 is 0 Å². The molecule has 12 heteroatoms. The summed E-state index contributed by atoms with van der Waals surface area (Å²) in [7, 11) is 1.62. The van der Waals surface area contributed by atoms with Gasteiger partial charge in [0.1, 0.15) is 24.1 Å². The van der Waals surface area contributed by atoms with Crippen LogP contribution in [0.5, 0.6) is 5.75 Å². The largest absolute Gasteiger partial charge is 0.489 e. The van der Waals surface area contributed by atoms with Crippen LogP contribution in [-0.2, 0) is 17.8 Å².